The maximum atomic E-state index is 12.7. The van der Waals surface area contributed by atoms with Gasteiger partial charge in [-0.15, -0.1) is 15.9 Å². The number of aromatic nitrogens is 3. The van der Waals surface area contributed by atoms with Gasteiger partial charge in [0.2, 0.25) is 0 Å². The van der Waals surface area contributed by atoms with Crippen LogP contribution < -0.4 is 4.74 Å². The molecule has 2 atom stereocenters. The normalized spacial score (nSPS) is 18.4. The molecule has 1 aromatic heterocycles. The molecule has 0 aliphatic carbocycles. The Hall–Kier alpha value is -3.15. The average Bonchev–Trinajstić information content (AvgIpc) is 3.26. The SMILES string of the molecule is CCOC(=O)CC(c1ccc(C)c(CN2CC(C)Oc3ccccc3S2(O)O)c1)c1ccc2c(nnn2C)c1Cl. The van der Waals surface area contributed by atoms with E-state index in [0.717, 1.165) is 27.8 Å². The zero-order valence-corrected chi connectivity index (χ0v) is 24.4. The standard InChI is InChI=1S/C29H33ClN4O5S/c1-5-38-27(35)15-23(22-12-13-24-29(28(22)30)31-32-33(24)4)20-11-10-18(2)21(14-20)17-34-16-19(3)39-25-8-6-7-9-26(25)40(34,36)37/h6-14,19,23,36-37H,5,15-17H2,1-4H3. The summed E-state index contributed by atoms with van der Waals surface area (Å²) in [4.78, 5) is 13.1. The molecule has 212 valence electrons. The van der Waals surface area contributed by atoms with Gasteiger partial charge in [0.05, 0.1) is 30.1 Å². The smallest absolute Gasteiger partial charge is 0.306 e. The van der Waals surface area contributed by atoms with E-state index in [1.54, 1.807) is 41.2 Å². The van der Waals surface area contributed by atoms with E-state index in [1.807, 2.05) is 50.2 Å². The minimum atomic E-state index is -3.31. The predicted molar refractivity (Wildman–Crippen MR) is 156 cm³/mol. The molecular formula is C29H33ClN4O5S. The maximum absolute atomic E-state index is 12.7. The van der Waals surface area contributed by atoms with E-state index in [2.05, 4.69) is 10.3 Å². The lowest BCUT2D eigenvalue weighted by Crippen LogP contribution is -2.33. The quantitative estimate of drug-likeness (QED) is 0.243. The van der Waals surface area contributed by atoms with Crippen molar-refractivity contribution in [3.05, 3.63) is 81.9 Å². The molecule has 0 fully saturated rings. The molecular weight excluding hydrogens is 552 g/mol. The molecule has 0 amide bonds. The number of carbonyl (C=O) groups excluding carboxylic acids is 1. The number of rotatable bonds is 7. The first-order valence-electron chi connectivity index (χ1n) is 13.1. The van der Waals surface area contributed by atoms with Crippen LogP contribution in [0.2, 0.25) is 5.02 Å². The van der Waals surface area contributed by atoms with Crippen LogP contribution in [0.5, 0.6) is 5.75 Å². The summed E-state index contributed by atoms with van der Waals surface area (Å²) in [5.41, 5.74) is 4.83. The summed E-state index contributed by atoms with van der Waals surface area (Å²) in [5.74, 6) is -0.273. The van der Waals surface area contributed by atoms with Crippen molar-refractivity contribution in [2.45, 2.75) is 50.7 Å². The summed E-state index contributed by atoms with van der Waals surface area (Å²) in [6, 6.07) is 16.8. The molecule has 4 aromatic rings. The van der Waals surface area contributed by atoms with Crippen molar-refractivity contribution in [3.63, 3.8) is 0 Å². The van der Waals surface area contributed by atoms with Gasteiger partial charge >= 0.3 is 5.97 Å². The number of nitrogens with zero attached hydrogens (tertiary/aromatic N) is 4. The Balaban J connectivity index is 1.55. The molecule has 9 nitrogen and oxygen atoms in total. The summed E-state index contributed by atoms with van der Waals surface area (Å²) in [7, 11) is -1.52. The minimum absolute atomic E-state index is 0.0823. The van der Waals surface area contributed by atoms with E-state index >= 15 is 0 Å². The lowest BCUT2D eigenvalue weighted by molar-refractivity contribution is -0.143. The Morgan fingerprint density at radius 3 is 2.77 bits per heavy atom. The molecule has 1 aliphatic heterocycles. The maximum Gasteiger partial charge on any atom is 0.306 e. The summed E-state index contributed by atoms with van der Waals surface area (Å²) in [6.07, 6.45) is -0.175. The highest BCUT2D eigenvalue weighted by molar-refractivity contribution is 8.22. The second-order valence-electron chi connectivity index (χ2n) is 10.0. The van der Waals surface area contributed by atoms with Crippen molar-refractivity contribution < 1.29 is 23.4 Å². The van der Waals surface area contributed by atoms with Gasteiger partial charge in [0, 0.05) is 19.5 Å². The first-order chi connectivity index (χ1) is 19.1. The van der Waals surface area contributed by atoms with E-state index in [-0.39, 0.29) is 31.6 Å². The van der Waals surface area contributed by atoms with Crippen LogP contribution in [-0.2, 0) is 23.1 Å². The third kappa shape index (κ3) is 5.42. The lowest BCUT2D eigenvalue weighted by Gasteiger charge is -2.42. The number of aryl methyl sites for hydroxylation is 2. The molecule has 0 saturated heterocycles. The van der Waals surface area contributed by atoms with Crippen LogP contribution in [0.1, 0.15) is 48.4 Å². The van der Waals surface area contributed by atoms with Gasteiger partial charge in [-0.05, 0) is 61.2 Å². The molecule has 2 N–H and O–H groups in total. The number of hydrogen-bond donors (Lipinski definition) is 2. The Bertz CT molecular complexity index is 1560. The van der Waals surface area contributed by atoms with Gasteiger partial charge in [-0.3, -0.25) is 13.9 Å². The lowest BCUT2D eigenvalue weighted by atomic mass is 9.86. The van der Waals surface area contributed by atoms with Crippen LogP contribution in [0.4, 0.5) is 0 Å². The van der Waals surface area contributed by atoms with Gasteiger partial charge in [-0.25, -0.2) is 4.68 Å². The van der Waals surface area contributed by atoms with E-state index in [1.165, 1.54) is 0 Å². The van der Waals surface area contributed by atoms with E-state index in [4.69, 9.17) is 21.1 Å². The molecule has 40 heavy (non-hydrogen) atoms. The minimum Gasteiger partial charge on any atom is -0.487 e. The monoisotopic (exact) mass is 584 g/mol. The van der Waals surface area contributed by atoms with Crippen LogP contribution in [0.15, 0.2) is 59.5 Å². The number of hydrogen-bond acceptors (Lipinski definition) is 8. The van der Waals surface area contributed by atoms with Crippen molar-refractivity contribution in [2.75, 3.05) is 13.2 Å². The van der Waals surface area contributed by atoms with Gasteiger partial charge in [0.15, 0.2) is 0 Å². The van der Waals surface area contributed by atoms with Gasteiger partial charge in [-0.1, -0.05) is 53.2 Å². The Morgan fingerprint density at radius 1 is 1.23 bits per heavy atom. The molecule has 0 saturated carbocycles. The topological polar surface area (TPSA) is 110 Å². The molecule has 3 aromatic carbocycles. The van der Waals surface area contributed by atoms with Crippen molar-refractivity contribution in [2.24, 2.45) is 7.05 Å². The fraction of sp³-hybridized carbons (Fsp3) is 0.345. The second kappa shape index (κ2) is 11.4. The molecule has 0 radical (unpaired) electrons. The van der Waals surface area contributed by atoms with E-state index < -0.39 is 16.7 Å². The van der Waals surface area contributed by atoms with Gasteiger partial charge < -0.3 is 9.47 Å². The Labute approximate surface area is 240 Å². The van der Waals surface area contributed by atoms with Crippen LogP contribution in [-0.4, -0.2) is 53.6 Å². The van der Waals surface area contributed by atoms with Crippen molar-refractivity contribution in [3.8, 4) is 5.75 Å². The van der Waals surface area contributed by atoms with Gasteiger partial charge in [0.1, 0.15) is 22.3 Å². The number of esters is 1. The zero-order valence-electron chi connectivity index (χ0n) is 22.9. The highest BCUT2D eigenvalue weighted by Crippen LogP contribution is 2.57. The largest absolute Gasteiger partial charge is 0.487 e. The van der Waals surface area contributed by atoms with Gasteiger partial charge in [-0.2, -0.15) is 4.31 Å². The number of carbonyl (C=O) groups is 1. The van der Waals surface area contributed by atoms with Crippen LogP contribution >= 0.6 is 22.4 Å². The van der Waals surface area contributed by atoms with Crippen LogP contribution in [0.25, 0.3) is 11.0 Å². The summed E-state index contributed by atoms with van der Waals surface area (Å²) < 4.78 is 37.4. The molecule has 11 heteroatoms. The van der Waals surface area contributed by atoms with Crippen LogP contribution in [0, 0.1) is 6.92 Å². The second-order valence-corrected chi connectivity index (χ2v) is 12.4. The highest BCUT2D eigenvalue weighted by Gasteiger charge is 2.34. The number of fused-ring (bicyclic) bond motifs is 2. The van der Waals surface area contributed by atoms with Crippen LogP contribution in [0.3, 0.4) is 0 Å². The number of halogens is 1. The summed E-state index contributed by atoms with van der Waals surface area (Å²) >= 11 is 6.85. The molecule has 0 spiro atoms. The van der Waals surface area contributed by atoms with Crippen molar-refractivity contribution >= 4 is 39.4 Å². The number of ether oxygens (including phenoxy) is 2. The highest BCUT2D eigenvalue weighted by atomic mass is 35.5. The fourth-order valence-electron chi connectivity index (χ4n) is 5.13. The zero-order chi connectivity index (χ0) is 28.6. The van der Waals surface area contributed by atoms with E-state index in [9.17, 15) is 13.9 Å². The van der Waals surface area contributed by atoms with Crippen molar-refractivity contribution in [1.82, 2.24) is 19.3 Å². The molecule has 5 rings (SSSR count). The summed E-state index contributed by atoms with van der Waals surface area (Å²) in [6.45, 7) is 6.53. The molecule has 0 bridgehead atoms. The van der Waals surface area contributed by atoms with Gasteiger partial charge in [0.25, 0.3) is 0 Å². The van der Waals surface area contributed by atoms with Crippen molar-refractivity contribution in [1.29, 1.82) is 0 Å². The number of para-hydroxylation sites is 1. The summed E-state index contributed by atoms with van der Waals surface area (Å²) in [5, 5.41) is 8.74. The fourth-order valence-corrected chi connectivity index (χ4v) is 7.12. The first-order valence-corrected chi connectivity index (χ1v) is 15.0. The number of benzene rings is 3. The Morgan fingerprint density at radius 2 is 2.00 bits per heavy atom. The molecule has 2 heterocycles. The van der Waals surface area contributed by atoms with E-state index in [0.29, 0.717) is 27.7 Å². The predicted octanol–water partition coefficient (Wildman–Crippen LogP) is 6.32. The molecule has 2 unspecified atom stereocenters. The Kier molecular flexibility index (Phi) is 8.08. The first kappa shape index (κ1) is 28.4. The molecule has 1 aliphatic rings. The third-order valence-corrected chi connectivity index (χ3v) is 9.54. The average molecular weight is 585 g/mol. The third-order valence-electron chi connectivity index (χ3n) is 7.22.